The molecule has 31 heavy (non-hydrogen) atoms. The summed E-state index contributed by atoms with van der Waals surface area (Å²) in [5.41, 5.74) is 4.01. The number of hydrogen-bond donors (Lipinski definition) is 0. The molecule has 1 aliphatic heterocycles. The van der Waals surface area contributed by atoms with Crippen LogP contribution in [-0.4, -0.2) is 43.6 Å². The zero-order valence-corrected chi connectivity index (χ0v) is 18.3. The first-order valence-electron chi connectivity index (χ1n) is 10.7. The number of carbonyl (C=O) groups excluding carboxylic acids is 1. The number of pyridine rings is 1. The molecule has 162 valence electrons. The molecule has 0 unspecified atom stereocenters. The molecule has 6 nitrogen and oxygen atoms in total. The highest BCUT2D eigenvalue weighted by Gasteiger charge is 2.26. The summed E-state index contributed by atoms with van der Waals surface area (Å²) in [7, 11) is 0. The molecule has 1 atom stereocenters. The lowest BCUT2D eigenvalue weighted by Crippen LogP contribution is -2.41. The van der Waals surface area contributed by atoms with E-state index in [0.29, 0.717) is 18.8 Å². The van der Waals surface area contributed by atoms with Crippen molar-refractivity contribution < 1.29 is 9.18 Å². The van der Waals surface area contributed by atoms with Crippen LogP contribution in [-0.2, 0) is 17.8 Å². The average Bonchev–Trinajstić information content (AvgIpc) is 3.04. The highest BCUT2D eigenvalue weighted by molar-refractivity contribution is 5.76. The van der Waals surface area contributed by atoms with Gasteiger partial charge >= 0.3 is 0 Å². The number of piperidine rings is 1. The van der Waals surface area contributed by atoms with Gasteiger partial charge in [-0.3, -0.25) is 9.78 Å². The molecule has 0 saturated carbocycles. The highest BCUT2D eigenvalue weighted by Crippen LogP contribution is 2.27. The van der Waals surface area contributed by atoms with Crippen molar-refractivity contribution in [1.29, 1.82) is 0 Å². The lowest BCUT2D eigenvalue weighted by Gasteiger charge is -2.33. The summed E-state index contributed by atoms with van der Waals surface area (Å²) < 4.78 is 15.2. The molecule has 0 radical (unpaired) electrons. The maximum Gasteiger partial charge on any atom is 0.244 e. The normalized spacial score (nSPS) is 16.5. The first-order chi connectivity index (χ1) is 14.9. The van der Waals surface area contributed by atoms with Crippen molar-refractivity contribution in [1.82, 2.24) is 24.6 Å². The number of amides is 1. The Labute approximate surface area is 182 Å². The standard InChI is InChI=1S/C24H28FN5O/c1-16-10-20(11-19-6-4-8-22(25)12-19)13-23(26-16)21-7-5-9-29(14-21)24(31)15-30-18(3)27-17(2)28-30/h4,6,8,10,12-13,21H,5,7,9,11,14-15H2,1-3H3/t21-/m0/s1. The Hall–Kier alpha value is -3.09. The number of nitrogens with zero attached hydrogens (tertiary/aromatic N) is 5. The summed E-state index contributed by atoms with van der Waals surface area (Å²) in [4.78, 5) is 23.9. The molecule has 2 aromatic heterocycles. The van der Waals surface area contributed by atoms with Crippen molar-refractivity contribution in [3.8, 4) is 0 Å². The Morgan fingerprint density at radius 2 is 1.97 bits per heavy atom. The molecule has 4 rings (SSSR count). The average molecular weight is 422 g/mol. The number of rotatable bonds is 5. The van der Waals surface area contributed by atoms with Crippen LogP contribution >= 0.6 is 0 Å². The van der Waals surface area contributed by atoms with Crippen molar-refractivity contribution in [2.24, 2.45) is 0 Å². The molecule has 1 aromatic carbocycles. The Morgan fingerprint density at radius 3 is 2.71 bits per heavy atom. The van der Waals surface area contributed by atoms with Gasteiger partial charge in [0.1, 0.15) is 24.0 Å². The zero-order chi connectivity index (χ0) is 22.0. The predicted octanol–water partition coefficient (Wildman–Crippen LogP) is 3.73. The first-order valence-corrected chi connectivity index (χ1v) is 10.7. The van der Waals surface area contributed by atoms with Crippen molar-refractivity contribution in [3.05, 3.63) is 76.4 Å². The molecule has 0 spiro atoms. The molecule has 7 heteroatoms. The summed E-state index contributed by atoms with van der Waals surface area (Å²) >= 11 is 0. The number of carbonyl (C=O) groups is 1. The molecule has 0 N–H and O–H groups in total. The van der Waals surface area contributed by atoms with E-state index in [1.807, 2.05) is 31.7 Å². The quantitative estimate of drug-likeness (QED) is 0.630. The van der Waals surface area contributed by atoms with Gasteiger partial charge in [-0.15, -0.1) is 0 Å². The molecule has 1 amide bonds. The molecule has 1 aliphatic rings. The van der Waals surface area contributed by atoms with E-state index in [1.54, 1.807) is 16.8 Å². The highest BCUT2D eigenvalue weighted by atomic mass is 19.1. The predicted molar refractivity (Wildman–Crippen MR) is 116 cm³/mol. The van der Waals surface area contributed by atoms with E-state index in [-0.39, 0.29) is 24.2 Å². The number of hydrogen-bond acceptors (Lipinski definition) is 4. The van der Waals surface area contributed by atoms with E-state index in [9.17, 15) is 9.18 Å². The summed E-state index contributed by atoms with van der Waals surface area (Å²) in [6, 6.07) is 10.9. The van der Waals surface area contributed by atoms with Gasteiger partial charge in [0.05, 0.1) is 0 Å². The number of aryl methyl sites for hydroxylation is 3. The first kappa shape index (κ1) is 21.2. The van der Waals surface area contributed by atoms with Crippen molar-refractivity contribution in [2.45, 2.75) is 52.5 Å². The van der Waals surface area contributed by atoms with Crippen LogP contribution in [0.4, 0.5) is 4.39 Å². The second kappa shape index (κ2) is 8.96. The van der Waals surface area contributed by atoms with Crippen LogP contribution < -0.4 is 0 Å². The van der Waals surface area contributed by atoms with Crippen molar-refractivity contribution in [2.75, 3.05) is 13.1 Å². The van der Waals surface area contributed by atoms with Crippen LogP contribution in [0.2, 0.25) is 0 Å². The number of aromatic nitrogens is 4. The largest absolute Gasteiger partial charge is 0.340 e. The molecule has 1 saturated heterocycles. The van der Waals surface area contributed by atoms with Gasteiger partial charge < -0.3 is 4.90 Å². The second-order valence-corrected chi connectivity index (χ2v) is 8.39. The van der Waals surface area contributed by atoms with Crippen molar-refractivity contribution >= 4 is 5.91 Å². The van der Waals surface area contributed by atoms with Gasteiger partial charge in [0.2, 0.25) is 5.91 Å². The molecule has 3 heterocycles. The fraction of sp³-hybridized carbons (Fsp3) is 0.417. The summed E-state index contributed by atoms with van der Waals surface area (Å²) in [6.07, 6.45) is 2.61. The van der Waals surface area contributed by atoms with Gasteiger partial charge in [-0.2, -0.15) is 5.10 Å². The Kier molecular flexibility index (Phi) is 6.11. The minimum atomic E-state index is -0.220. The fourth-order valence-electron chi connectivity index (χ4n) is 4.35. The third kappa shape index (κ3) is 5.16. The molecule has 0 aliphatic carbocycles. The monoisotopic (exact) mass is 421 g/mol. The summed E-state index contributed by atoms with van der Waals surface area (Å²) in [5.74, 6) is 1.47. The van der Waals surface area contributed by atoms with E-state index >= 15 is 0 Å². The molecular weight excluding hydrogens is 393 g/mol. The number of likely N-dealkylation sites (tertiary alicyclic amines) is 1. The van der Waals surface area contributed by atoms with Gasteiger partial charge in [0.15, 0.2) is 0 Å². The van der Waals surface area contributed by atoms with Gasteiger partial charge in [0, 0.05) is 30.4 Å². The minimum Gasteiger partial charge on any atom is -0.340 e. The van der Waals surface area contributed by atoms with Crippen LogP contribution in [0, 0.1) is 26.6 Å². The van der Waals surface area contributed by atoms with Crippen LogP contribution in [0.25, 0.3) is 0 Å². The maximum atomic E-state index is 13.6. The van der Waals surface area contributed by atoms with Gasteiger partial charge in [-0.1, -0.05) is 12.1 Å². The summed E-state index contributed by atoms with van der Waals surface area (Å²) in [6.45, 7) is 7.30. The van der Waals surface area contributed by atoms with Gasteiger partial charge in [-0.25, -0.2) is 14.1 Å². The van der Waals surface area contributed by atoms with Gasteiger partial charge in [-0.05, 0) is 75.4 Å². The second-order valence-electron chi connectivity index (χ2n) is 8.39. The van der Waals surface area contributed by atoms with Crippen molar-refractivity contribution in [3.63, 3.8) is 0 Å². The Morgan fingerprint density at radius 1 is 1.13 bits per heavy atom. The van der Waals surface area contributed by atoms with E-state index in [2.05, 4.69) is 22.2 Å². The van der Waals surface area contributed by atoms with Gasteiger partial charge in [0.25, 0.3) is 0 Å². The Balaban J connectivity index is 1.48. The smallest absolute Gasteiger partial charge is 0.244 e. The molecule has 3 aromatic rings. The zero-order valence-electron chi connectivity index (χ0n) is 18.3. The topological polar surface area (TPSA) is 63.9 Å². The van der Waals surface area contributed by atoms with E-state index < -0.39 is 0 Å². The lowest BCUT2D eigenvalue weighted by atomic mass is 9.92. The maximum absolute atomic E-state index is 13.6. The number of halogens is 1. The fourth-order valence-corrected chi connectivity index (χ4v) is 4.35. The third-order valence-corrected chi connectivity index (χ3v) is 5.77. The molecular formula is C24H28FN5O. The van der Waals surface area contributed by atoms with Crippen LogP contribution in [0.5, 0.6) is 0 Å². The van der Waals surface area contributed by atoms with Crippen LogP contribution in [0.15, 0.2) is 36.4 Å². The lowest BCUT2D eigenvalue weighted by molar-refractivity contribution is -0.133. The third-order valence-electron chi connectivity index (χ3n) is 5.77. The van der Waals surface area contributed by atoms with Crippen LogP contribution in [0.1, 0.15) is 52.9 Å². The summed E-state index contributed by atoms with van der Waals surface area (Å²) in [5, 5.41) is 4.31. The van der Waals surface area contributed by atoms with E-state index in [0.717, 1.165) is 47.7 Å². The molecule has 1 fully saturated rings. The van der Waals surface area contributed by atoms with E-state index in [1.165, 1.54) is 6.07 Å². The Bertz CT molecular complexity index is 1090. The SMILES string of the molecule is Cc1cc(Cc2cccc(F)c2)cc([C@H]2CCCN(C(=O)Cn3nc(C)nc3C)C2)n1. The van der Waals surface area contributed by atoms with E-state index in [4.69, 9.17) is 4.98 Å². The molecule has 0 bridgehead atoms. The van der Waals surface area contributed by atoms with Crippen LogP contribution in [0.3, 0.4) is 0 Å². The number of benzene rings is 1. The minimum absolute atomic E-state index is 0.0605.